The van der Waals surface area contributed by atoms with E-state index in [1.807, 2.05) is 4.90 Å². The van der Waals surface area contributed by atoms with Gasteiger partial charge in [-0.2, -0.15) is 0 Å². The van der Waals surface area contributed by atoms with Crippen LogP contribution in [0, 0.1) is 0 Å². The van der Waals surface area contributed by atoms with Crippen LogP contribution in [0.15, 0.2) is 29.2 Å². The molecule has 2 rings (SSSR count). The fourth-order valence-corrected chi connectivity index (χ4v) is 3.90. The predicted molar refractivity (Wildman–Crippen MR) is 92.4 cm³/mol. The number of likely N-dealkylation sites (tertiary alicyclic amines) is 1. The molecular formula is C17H26N2O4S. The van der Waals surface area contributed by atoms with Crippen LogP contribution in [0.1, 0.15) is 39.5 Å². The minimum Gasteiger partial charge on any atom is -0.484 e. The molecule has 1 aliphatic heterocycles. The number of benzene rings is 1. The lowest BCUT2D eigenvalue weighted by Crippen LogP contribution is -2.35. The summed E-state index contributed by atoms with van der Waals surface area (Å²) in [5.74, 6) is 0.469. The SMILES string of the molecule is CC(C)NS(=O)(=O)c1ccc(OCC(=O)N2CCCCCC2)cc1. The fourth-order valence-electron chi connectivity index (χ4n) is 2.65. The van der Waals surface area contributed by atoms with Crippen molar-refractivity contribution in [1.82, 2.24) is 9.62 Å². The second-order valence-corrected chi connectivity index (χ2v) is 8.05. The first-order chi connectivity index (χ1) is 11.4. The van der Waals surface area contributed by atoms with Gasteiger partial charge < -0.3 is 9.64 Å². The largest absolute Gasteiger partial charge is 0.484 e. The third kappa shape index (κ3) is 5.49. The van der Waals surface area contributed by atoms with E-state index < -0.39 is 10.0 Å². The first-order valence-corrected chi connectivity index (χ1v) is 9.90. The van der Waals surface area contributed by atoms with Gasteiger partial charge in [0.15, 0.2) is 6.61 Å². The van der Waals surface area contributed by atoms with Gasteiger partial charge >= 0.3 is 0 Å². The number of sulfonamides is 1. The van der Waals surface area contributed by atoms with Crippen LogP contribution < -0.4 is 9.46 Å². The van der Waals surface area contributed by atoms with E-state index in [0.717, 1.165) is 25.9 Å². The molecule has 1 N–H and O–H groups in total. The van der Waals surface area contributed by atoms with Crippen molar-refractivity contribution < 1.29 is 17.9 Å². The summed E-state index contributed by atoms with van der Waals surface area (Å²) in [4.78, 5) is 14.2. The van der Waals surface area contributed by atoms with Crippen LogP contribution in [0.4, 0.5) is 0 Å². The van der Waals surface area contributed by atoms with Gasteiger partial charge in [-0.1, -0.05) is 12.8 Å². The monoisotopic (exact) mass is 354 g/mol. The maximum Gasteiger partial charge on any atom is 0.260 e. The second kappa shape index (κ2) is 8.48. The van der Waals surface area contributed by atoms with E-state index in [1.54, 1.807) is 26.0 Å². The Balaban J connectivity index is 1.90. The third-order valence-corrected chi connectivity index (χ3v) is 5.52. The molecule has 0 radical (unpaired) electrons. The molecule has 1 aliphatic rings. The molecule has 1 amide bonds. The quantitative estimate of drug-likeness (QED) is 0.849. The van der Waals surface area contributed by atoms with Gasteiger partial charge in [0.2, 0.25) is 10.0 Å². The number of ether oxygens (including phenoxy) is 1. The van der Waals surface area contributed by atoms with Crippen LogP contribution >= 0.6 is 0 Å². The summed E-state index contributed by atoms with van der Waals surface area (Å²) in [6.45, 7) is 5.10. The van der Waals surface area contributed by atoms with Crippen molar-refractivity contribution in [2.45, 2.75) is 50.5 Å². The zero-order chi connectivity index (χ0) is 17.6. The highest BCUT2D eigenvalue weighted by Gasteiger charge is 2.17. The molecule has 6 nitrogen and oxygen atoms in total. The highest BCUT2D eigenvalue weighted by molar-refractivity contribution is 7.89. The number of nitrogens with zero attached hydrogens (tertiary/aromatic N) is 1. The minimum atomic E-state index is -3.51. The molecule has 0 atom stereocenters. The average Bonchev–Trinajstić information content (AvgIpc) is 2.81. The average molecular weight is 354 g/mol. The van der Waals surface area contributed by atoms with E-state index in [4.69, 9.17) is 4.74 Å². The van der Waals surface area contributed by atoms with E-state index in [0.29, 0.717) is 5.75 Å². The van der Waals surface area contributed by atoms with Crippen molar-refractivity contribution in [2.24, 2.45) is 0 Å². The topological polar surface area (TPSA) is 75.7 Å². The molecule has 7 heteroatoms. The van der Waals surface area contributed by atoms with Crippen molar-refractivity contribution in [3.8, 4) is 5.75 Å². The van der Waals surface area contributed by atoms with Gasteiger partial charge in [0.05, 0.1) is 4.90 Å². The number of hydrogen-bond acceptors (Lipinski definition) is 4. The molecule has 24 heavy (non-hydrogen) atoms. The maximum absolute atomic E-state index is 12.2. The van der Waals surface area contributed by atoms with Crippen LogP contribution in [0.25, 0.3) is 0 Å². The summed E-state index contributed by atoms with van der Waals surface area (Å²) < 4.78 is 32.1. The fraction of sp³-hybridized carbons (Fsp3) is 0.588. The number of rotatable bonds is 6. The Morgan fingerprint density at radius 3 is 2.25 bits per heavy atom. The van der Waals surface area contributed by atoms with E-state index in [9.17, 15) is 13.2 Å². The summed E-state index contributed by atoms with van der Waals surface area (Å²) in [5.41, 5.74) is 0. The van der Waals surface area contributed by atoms with Crippen LogP contribution in [-0.4, -0.2) is 45.0 Å². The summed E-state index contributed by atoms with van der Waals surface area (Å²) >= 11 is 0. The van der Waals surface area contributed by atoms with Gasteiger partial charge in [-0.25, -0.2) is 13.1 Å². The van der Waals surface area contributed by atoms with Crippen molar-refractivity contribution in [2.75, 3.05) is 19.7 Å². The normalized spacial score (nSPS) is 16.0. The summed E-state index contributed by atoms with van der Waals surface area (Å²) in [6, 6.07) is 5.94. The highest BCUT2D eigenvalue weighted by atomic mass is 32.2. The molecule has 1 aromatic rings. The first-order valence-electron chi connectivity index (χ1n) is 8.41. The lowest BCUT2D eigenvalue weighted by atomic mass is 10.2. The molecule has 0 unspecified atom stereocenters. The Morgan fingerprint density at radius 1 is 1.12 bits per heavy atom. The van der Waals surface area contributed by atoms with Crippen LogP contribution in [0.5, 0.6) is 5.75 Å². The van der Waals surface area contributed by atoms with Crippen molar-refractivity contribution in [1.29, 1.82) is 0 Å². The van der Waals surface area contributed by atoms with Crippen molar-refractivity contribution in [3.63, 3.8) is 0 Å². The van der Waals surface area contributed by atoms with Gasteiger partial charge in [-0.3, -0.25) is 4.79 Å². The van der Waals surface area contributed by atoms with Gasteiger partial charge in [0.25, 0.3) is 5.91 Å². The van der Waals surface area contributed by atoms with E-state index in [2.05, 4.69) is 4.72 Å². The molecule has 0 aliphatic carbocycles. The van der Waals surface area contributed by atoms with Gasteiger partial charge in [0.1, 0.15) is 5.75 Å². The molecule has 0 saturated carbocycles. The Morgan fingerprint density at radius 2 is 1.71 bits per heavy atom. The number of hydrogen-bond donors (Lipinski definition) is 1. The number of carbonyl (C=O) groups excluding carboxylic acids is 1. The standard InChI is InChI=1S/C17H26N2O4S/c1-14(2)18-24(21,22)16-9-7-15(8-10-16)23-13-17(20)19-11-5-3-4-6-12-19/h7-10,14,18H,3-6,11-13H2,1-2H3. The van der Waals surface area contributed by atoms with Gasteiger partial charge in [-0.05, 0) is 51.0 Å². The minimum absolute atomic E-state index is 0.0175. The van der Waals surface area contributed by atoms with Crippen LogP contribution in [0.3, 0.4) is 0 Å². The zero-order valence-electron chi connectivity index (χ0n) is 14.3. The third-order valence-electron chi connectivity index (χ3n) is 3.85. The van der Waals surface area contributed by atoms with Crippen LogP contribution in [0.2, 0.25) is 0 Å². The Labute approximate surface area is 144 Å². The Hall–Kier alpha value is -1.60. The highest BCUT2D eigenvalue weighted by Crippen LogP contribution is 2.17. The molecule has 1 heterocycles. The first kappa shape index (κ1) is 18.7. The van der Waals surface area contributed by atoms with Gasteiger partial charge in [-0.15, -0.1) is 0 Å². The molecule has 134 valence electrons. The Bertz CT molecular complexity index is 633. The summed E-state index contributed by atoms with van der Waals surface area (Å²) in [7, 11) is -3.51. The molecular weight excluding hydrogens is 328 g/mol. The van der Waals surface area contributed by atoms with Crippen LogP contribution in [-0.2, 0) is 14.8 Å². The molecule has 1 saturated heterocycles. The van der Waals surface area contributed by atoms with E-state index in [1.165, 1.54) is 25.0 Å². The lowest BCUT2D eigenvalue weighted by molar-refractivity contribution is -0.133. The molecule has 0 bridgehead atoms. The Kier molecular flexibility index (Phi) is 6.62. The molecule has 1 fully saturated rings. The molecule has 0 aromatic heterocycles. The maximum atomic E-state index is 12.2. The second-order valence-electron chi connectivity index (χ2n) is 6.33. The number of amides is 1. The summed E-state index contributed by atoms with van der Waals surface area (Å²) in [5, 5.41) is 0. The van der Waals surface area contributed by atoms with Crippen molar-refractivity contribution >= 4 is 15.9 Å². The smallest absolute Gasteiger partial charge is 0.260 e. The number of carbonyl (C=O) groups is 1. The van der Waals surface area contributed by atoms with Crippen molar-refractivity contribution in [3.05, 3.63) is 24.3 Å². The summed E-state index contributed by atoms with van der Waals surface area (Å²) in [6.07, 6.45) is 4.43. The lowest BCUT2D eigenvalue weighted by Gasteiger charge is -2.20. The van der Waals surface area contributed by atoms with Gasteiger partial charge in [0, 0.05) is 19.1 Å². The van der Waals surface area contributed by atoms with E-state index >= 15 is 0 Å². The zero-order valence-corrected chi connectivity index (χ0v) is 15.1. The number of nitrogens with one attached hydrogen (secondary N) is 1. The molecule has 1 aromatic carbocycles. The molecule has 0 spiro atoms. The predicted octanol–water partition coefficient (Wildman–Crippen LogP) is 2.15. The van der Waals surface area contributed by atoms with E-state index in [-0.39, 0.29) is 23.5 Å².